The summed E-state index contributed by atoms with van der Waals surface area (Å²) in [6.07, 6.45) is 12.9. The van der Waals surface area contributed by atoms with Gasteiger partial charge in [0.05, 0.1) is 0 Å². The number of carboxylic acids is 2. The number of aliphatic carboxylic acids is 2. The maximum absolute atomic E-state index is 10.2. The van der Waals surface area contributed by atoms with Gasteiger partial charge >= 0.3 is 5.97 Å². The molecule has 0 amide bonds. The molecule has 0 aliphatic carbocycles. The highest BCUT2D eigenvalue weighted by atomic mass is 16.4. The molecule has 0 atom stereocenters. The van der Waals surface area contributed by atoms with Crippen molar-refractivity contribution in [3.8, 4) is 0 Å². The van der Waals surface area contributed by atoms with Gasteiger partial charge in [0.1, 0.15) is 0 Å². The zero-order valence-corrected chi connectivity index (χ0v) is 12.5. The standard InChI is InChI=1S/C13H26O2.C2H4O2/c1-2-3-4-5-6-7-8-9-10-11-12-13(14)15;1-2(3)4/h2-12H2,1H3,(H,14,15);1H3,(H,3,4). The molecule has 4 heteroatoms. The van der Waals surface area contributed by atoms with Crippen molar-refractivity contribution in [1.82, 2.24) is 0 Å². The minimum Gasteiger partial charge on any atom is -0.481 e. The van der Waals surface area contributed by atoms with Crippen LogP contribution < -0.4 is 0 Å². The van der Waals surface area contributed by atoms with Gasteiger partial charge in [-0.1, -0.05) is 64.7 Å². The van der Waals surface area contributed by atoms with Crippen molar-refractivity contribution in [2.75, 3.05) is 0 Å². The van der Waals surface area contributed by atoms with Gasteiger partial charge in [0.15, 0.2) is 0 Å². The second-order valence-electron chi connectivity index (χ2n) is 4.84. The van der Waals surface area contributed by atoms with E-state index in [2.05, 4.69) is 6.92 Å². The molecule has 0 aromatic carbocycles. The Balaban J connectivity index is 0. The normalized spacial score (nSPS) is 9.58. The van der Waals surface area contributed by atoms with E-state index in [1.165, 1.54) is 51.4 Å². The highest BCUT2D eigenvalue weighted by molar-refractivity contribution is 5.66. The summed E-state index contributed by atoms with van der Waals surface area (Å²) >= 11 is 0. The molecule has 0 rings (SSSR count). The SMILES string of the molecule is CC(=O)O.CCCCCCCCCCCCC(=O)O. The highest BCUT2D eigenvalue weighted by Crippen LogP contribution is 2.10. The number of hydrogen-bond donors (Lipinski definition) is 2. The Hall–Kier alpha value is -1.06. The van der Waals surface area contributed by atoms with Crippen molar-refractivity contribution in [2.45, 2.75) is 84.5 Å². The molecular weight excluding hydrogens is 244 g/mol. The average Bonchev–Trinajstić information content (AvgIpc) is 2.30. The predicted octanol–water partition coefficient (Wildman–Crippen LogP) is 4.47. The van der Waals surface area contributed by atoms with Crippen molar-refractivity contribution in [1.29, 1.82) is 0 Å². The first kappa shape index (κ1) is 20.3. The lowest BCUT2D eigenvalue weighted by Crippen LogP contribution is -1.93. The third-order valence-electron chi connectivity index (χ3n) is 2.74. The Labute approximate surface area is 117 Å². The molecule has 0 fully saturated rings. The zero-order valence-electron chi connectivity index (χ0n) is 12.5. The van der Waals surface area contributed by atoms with E-state index in [0.29, 0.717) is 6.42 Å². The summed E-state index contributed by atoms with van der Waals surface area (Å²) in [5.74, 6) is -1.49. The maximum atomic E-state index is 10.2. The minimum atomic E-state index is -0.833. The van der Waals surface area contributed by atoms with Crippen LogP contribution in [-0.4, -0.2) is 22.2 Å². The summed E-state index contributed by atoms with van der Waals surface area (Å²) in [5.41, 5.74) is 0. The van der Waals surface area contributed by atoms with Crippen LogP contribution in [-0.2, 0) is 9.59 Å². The second kappa shape index (κ2) is 16.9. The predicted molar refractivity (Wildman–Crippen MR) is 77.4 cm³/mol. The van der Waals surface area contributed by atoms with Gasteiger partial charge in [-0.3, -0.25) is 9.59 Å². The van der Waals surface area contributed by atoms with E-state index in [1.54, 1.807) is 0 Å². The van der Waals surface area contributed by atoms with Crippen LogP contribution in [0.25, 0.3) is 0 Å². The van der Waals surface area contributed by atoms with Crippen LogP contribution in [0.3, 0.4) is 0 Å². The maximum Gasteiger partial charge on any atom is 0.303 e. The Morgan fingerprint density at radius 2 is 1.05 bits per heavy atom. The first-order valence-corrected chi connectivity index (χ1v) is 7.42. The fourth-order valence-electron chi connectivity index (χ4n) is 1.76. The van der Waals surface area contributed by atoms with Crippen LogP contribution in [0.15, 0.2) is 0 Å². The van der Waals surface area contributed by atoms with Crippen molar-refractivity contribution in [3.05, 3.63) is 0 Å². The van der Waals surface area contributed by atoms with Gasteiger partial charge < -0.3 is 10.2 Å². The Kier molecular flexibility index (Phi) is 18.1. The van der Waals surface area contributed by atoms with Crippen molar-refractivity contribution >= 4 is 11.9 Å². The number of carboxylic acid groups (broad SMARTS) is 2. The van der Waals surface area contributed by atoms with Crippen LogP contribution in [0.1, 0.15) is 84.5 Å². The van der Waals surface area contributed by atoms with E-state index >= 15 is 0 Å². The number of carbonyl (C=O) groups is 2. The molecule has 2 N–H and O–H groups in total. The fraction of sp³-hybridized carbons (Fsp3) is 0.867. The molecule has 0 bridgehead atoms. The third-order valence-corrected chi connectivity index (χ3v) is 2.74. The lowest BCUT2D eigenvalue weighted by molar-refractivity contribution is -0.137. The van der Waals surface area contributed by atoms with Crippen molar-refractivity contribution in [3.63, 3.8) is 0 Å². The Bertz CT molecular complexity index is 210. The summed E-state index contributed by atoms with van der Waals surface area (Å²) in [7, 11) is 0. The van der Waals surface area contributed by atoms with E-state index < -0.39 is 11.9 Å². The van der Waals surface area contributed by atoms with Crippen LogP contribution in [0.2, 0.25) is 0 Å². The van der Waals surface area contributed by atoms with Crippen LogP contribution >= 0.6 is 0 Å². The fourth-order valence-corrected chi connectivity index (χ4v) is 1.76. The largest absolute Gasteiger partial charge is 0.481 e. The van der Waals surface area contributed by atoms with Gasteiger partial charge in [-0.15, -0.1) is 0 Å². The molecule has 0 saturated carbocycles. The molecule has 0 aromatic rings. The first-order valence-electron chi connectivity index (χ1n) is 7.42. The van der Waals surface area contributed by atoms with Gasteiger partial charge in [-0.25, -0.2) is 0 Å². The summed E-state index contributed by atoms with van der Waals surface area (Å²) in [6.45, 7) is 3.32. The third kappa shape index (κ3) is 31.6. The van der Waals surface area contributed by atoms with Gasteiger partial charge in [-0.05, 0) is 6.42 Å². The van der Waals surface area contributed by atoms with Gasteiger partial charge in [0.2, 0.25) is 0 Å². The van der Waals surface area contributed by atoms with Gasteiger partial charge in [0.25, 0.3) is 5.97 Å². The minimum absolute atomic E-state index is 0.344. The first-order chi connectivity index (χ1) is 9.00. The molecule has 4 nitrogen and oxygen atoms in total. The molecule has 0 radical (unpaired) electrons. The quantitative estimate of drug-likeness (QED) is 0.545. The van der Waals surface area contributed by atoms with E-state index in [0.717, 1.165) is 19.8 Å². The highest BCUT2D eigenvalue weighted by Gasteiger charge is 1.96. The summed E-state index contributed by atoms with van der Waals surface area (Å²) in [6, 6.07) is 0. The van der Waals surface area contributed by atoms with Crippen LogP contribution in [0.4, 0.5) is 0 Å². The molecule has 0 unspecified atom stereocenters. The Morgan fingerprint density at radius 3 is 1.37 bits per heavy atom. The van der Waals surface area contributed by atoms with Crippen LogP contribution in [0, 0.1) is 0 Å². The molecule has 0 spiro atoms. The smallest absolute Gasteiger partial charge is 0.303 e. The monoisotopic (exact) mass is 274 g/mol. The van der Waals surface area contributed by atoms with E-state index in [1.807, 2.05) is 0 Å². The summed E-state index contributed by atoms with van der Waals surface area (Å²) in [5, 5.41) is 15.9. The second-order valence-corrected chi connectivity index (χ2v) is 4.84. The topological polar surface area (TPSA) is 74.6 Å². The molecule has 0 saturated heterocycles. The van der Waals surface area contributed by atoms with Crippen molar-refractivity contribution < 1.29 is 19.8 Å². The summed E-state index contributed by atoms with van der Waals surface area (Å²) in [4.78, 5) is 19.2. The van der Waals surface area contributed by atoms with Gasteiger partial charge in [-0.2, -0.15) is 0 Å². The lowest BCUT2D eigenvalue weighted by Gasteiger charge is -2.01. The Morgan fingerprint density at radius 1 is 0.737 bits per heavy atom. The molecule has 0 aromatic heterocycles. The average molecular weight is 274 g/mol. The van der Waals surface area contributed by atoms with Crippen molar-refractivity contribution in [2.24, 2.45) is 0 Å². The molecular formula is C15H30O4. The molecule has 19 heavy (non-hydrogen) atoms. The number of hydrogen-bond acceptors (Lipinski definition) is 2. The van der Waals surface area contributed by atoms with Crippen LogP contribution in [0.5, 0.6) is 0 Å². The van der Waals surface area contributed by atoms with E-state index in [-0.39, 0.29) is 0 Å². The number of rotatable bonds is 11. The van der Waals surface area contributed by atoms with E-state index in [9.17, 15) is 4.79 Å². The molecule has 114 valence electrons. The molecule has 0 heterocycles. The van der Waals surface area contributed by atoms with E-state index in [4.69, 9.17) is 15.0 Å². The zero-order chi connectivity index (χ0) is 14.9. The molecule has 0 aliphatic rings. The lowest BCUT2D eigenvalue weighted by atomic mass is 10.1. The van der Waals surface area contributed by atoms with Gasteiger partial charge in [0, 0.05) is 13.3 Å². The number of unbranched alkanes of at least 4 members (excludes halogenated alkanes) is 9. The molecule has 0 aliphatic heterocycles. The summed E-state index contributed by atoms with van der Waals surface area (Å²) < 4.78 is 0.